The second-order valence-electron chi connectivity index (χ2n) is 11.4. The summed E-state index contributed by atoms with van der Waals surface area (Å²) in [6.07, 6.45) is 2.66. The van der Waals surface area contributed by atoms with Crippen molar-refractivity contribution in [2.45, 2.75) is 18.8 Å². The maximum absolute atomic E-state index is 14.2. The third kappa shape index (κ3) is 4.42. The van der Waals surface area contributed by atoms with Crippen LogP contribution in [0.3, 0.4) is 0 Å². The summed E-state index contributed by atoms with van der Waals surface area (Å²) in [5.41, 5.74) is 2.59. The number of imide groups is 2. The monoisotopic (exact) mass is 800 g/mol. The van der Waals surface area contributed by atoms with E-state index in [1.807, 2.05) is 30.3 Å². The summed E-state index contributed by atoms with van der Waals surface area (Å²) in [6.45, 7) is 0. The molecule has 2 aliphatic carbocycles. The molecule has 2 heterocycles. The number of nitrogens with zero attached hydrogens (tertiary/aromatic N) is 2. The van der Waals surface area contributed by atoms with E-state index in [1.54, 1.807) is 36.4 Å². The Balaban J connectivity index is 1.35. The predicted octanol–water partition coefficient (Wildman–Crippen LogP) is 5.66. The van der Waals surface area contributed by atoms with Crippen LogP contribution in [0.15, 0.2) is 78.4 Å². The van der Waals surface area contributed by atoms with Crippen LogP contribution in [0.25, 0.3) is 0 Å². The van der Waals surface area contributed by atoms with Crippen molar-refractivity contribution in [3.05, 3.63) is 91.1 Å². The van der Waals surface area contributed by atoms with Crippen LogP contribution >= 0.6 is 45.2 Å². The van der Waals surface area contributed by atoms with E-state index in [0.29, 0.717) is 35.5 Å². The highest BCUT2D eigenvalue weighted by Crippen LogP contribution is 2.59. The van der Waals surface area contributed by atoms with E-state index in [9.17, 15) is 24.3 Å². The highest BCUT2D eigenvalue weighted by atomic mass is 127. The van der Waals surface area contributed by atoms with E-state index in [0.717, 1.165) is 12.7 Å². The van der Waals surface area contributed by atoms with Gasteiger partial charge in [0, 0.05) is 24.7 Å². The number of halogens is 2. The summed E-state index contributed by atoms with van der Waals surface area (Å²) >= 11 is 4.36. The predicted molar refractivity (Wildman–Crippen MR) is 175 cm³/mol. The number of rotatable bonds is 4. The fourth-order valence-corrected chi connectivity index (χ4v) is 8.30. The number of benzene rings is 3. The van der Waals surface area contributed by atoms with Crippen molar-refractivity contribution in [2.75, 3.05) is 16.9 Å². The van der Waals surface area contributed by atoms with Gasteiger partial charge in [0.25, 0.3) is 0 Å². The van der Waals surface area contributed by atoms with Gasteiger partial charge >= 0.3 is 0 Å². The summed E-state index contributed by atoms with van der Waals surface area (Å²) in [5.74, 6) is -4.27. The number of ether oxygens (including phenoxy) is 1. The minimum atomic E-state index is -0.719. The van der Waals surface area contributed by atoms with Crippen molar-refractivity contribution in [1.82, 2.24) is 0 Å². The molecule has 3 aromatic rings. The Morgan fingerprint density at radius 1 is 0.721 bits per heavy atom. The molecule has 2 saturated heterocycles. The molecule has 218 valence electrons. The van der Waals surface area contributed by atoms with Crippen LogP contribution in [-0.4, -0.2) is 35.8 Å². The smallest absolute Gasteiger partial charge is 0.238 e. The number of allylic oxidation sites excluding steroid dienone is 2. The standard InChI is InChI=1S/C33H26I2N2O6/c1-43-26-14-20(38)10-11-22(26)27-21-12-13-23-28(32(41)36(30(23)39)18-6-2-16(34)3-7-18)24(21)15-25-29(27)33(42)37(31(25)40)19-8-4-17(35)5-9-19/h2-12,14,23-25,27-29,38H,13,15H2,1H3. The molecule has 1 saturated carbocycles. The number of anilines is 2. The van der Waals surface area contributed by atoms with E-state index >= 15 is 0 Å². The molecule has 6 unspecified atom stereocenters. The van der Waals surface area contributed by atoms with Crippen LogP contribution in [0.2, 0.25) is 0 Å². The third-order valence-electron chi connectivity index (χ3n) is 9.37. The molecule has 0 bridgehead atoms. The molecule has 43 heavy (non-hydrogen) atoms. The average molecular weight is 800 g/mol. The molecule has 8 nitrogen and oxygen atoms in total. The molecule has 10 heteroatoms. The first kappa shape index (κ1) is 28.5. The second kappa shape index (κ2) is 10.7. The van der Waals surface area contributed by atoms with Gasteiger partial charge in [-0.15, -0.1) is 0 Å². The molecule has 7 rings (SSSR count). The molecule has 1 N–H and O–H groups in total. The van der Waals surface area contributed by atoms with Crippen LogP contribution in [-0.2, 0) is 19.2 Å². The lowest BCUT2D eigenvalue weighted by atomic mass is 9.57. The van der Waals surface area contributed by atoms with Gasteiger partial charge in [-0.25, -0.2) is 0 Å². The molecule has 3 fully saturated rings. The zero-order valence-electron chi connectivity index (χ0n) is 22.9. The van der Waals surface area contributed by atoms with Gasteiger partial charge in [0.2, 0.25) is 23.6 Å². The Morgan fingerprint density at radius 2 is 1.28 bits per heavy atom. The molecule has 0 aromatic heterocycles. The van der Waals surface area contributed by atoms with Gasteiger partial charge < -0.3 is 9.84 Å². The van der Waals surface area contributed by atoms with Crippen LogP contribution < -0.4 is 14.5 Å². The van der Waals surface area contributed by atoms with E-state index in [2.05, 4.69) is 45.2 Å². The van der Waals surface area contributed by atoms with Gasteiger partial charge in [-0.05, 0) is 119 Å². The lowest BCUT2D eigenvalue weighted by Gasteiger charge is -2.44. The number of hydrogen-bond donors (Lipinski definition) is 1. The number of phenols is 1. The fraction of sp³-hybridized carbons (Fsp3) is 0.273. The van der Waals surface area contributed by atoms with Gasteiger partial charge in [-0.1, -0.05) is 17.7 Å². The van der Waals surface area contributed by atoms with E-state index in [-0.39, 0.29) is 29.4 Å². The number of aromatic hydroxyl groups is 1. The number of amides is 4. The van der Waals surface area contributed by atoms with Crippen LogP contribution in [0.4, 0.5) is 11.4 Å². The third-order valence-corrected chi connectivity index (χ3v) is 10.8. The maximum atomic E-state index is 14.2. The molecule has 6 atom stereocenters. The minimum absolute atomic E-state index is 0.0151. The molecular formula is C33H26I2N2O6. The van der Waals surface area contributed by atoms with Crippen molar-refractivity contribution in [3.8, 4) is 11.5 Å². The molecule has 4 amide bonds. The first-order valence-corrected chi connectivity index (χ1v) is 16.2. The van der Waals surface area contributed by atoms with Crippen molar-refractivity contribution < 1.29 is 29.0 Å². The fourth-order valence-electron chi connectivity index (χ4n) is 7.58. The van der Waals surface area contributed by atoms with Gasteiger partial charge in [0.15, 0.2) is 0 Å². The number of carbonyl (C=O) groups excluding carboxylic acids is 4. The van der Waals surface area contributed by atoms with Gasteiger partial charge in [-0.3, -0.25) is 29.0 Å². The molecular weight excluding hydrogens is 774 g/mol. The van der Waals surface area contributed by atoms with Crippen molar-refractivity contribution in [1.29, 1.82) is 0 Å². The first-order chi connectivity index (χ1) is 20.7. The Labute approximate surface area is 275 Å². The zero-order chi connectivity index (χ0) is 30.2. The normalized spacial score (nSPS) is 28.0. The minimum Gasteiger partial charge on any atom is -0.508 e. The van der Waals surface area contributed by atoms with E-state index < -0.39 is 35.5 Å². The second-order valence-corrected chi connectivity index (χ2v) is 13.9. The van der Waals surface area contributed by atoms with E-state index in [1.165, 1.54) is 23.0 Å². The summed E-state index contributed by atoms with van der Waals surface area (Å²) in [6, 6.07) is 19.3. The quantitative estimate of drug-likeness (QED) is 0.208. The van der Waals surface area contributed by atoms with Crippen LogP contribution in [0.5, 0.6) is 11.5 Å². The Morgan fingerprint density at radius 3 is 1.86 bits per heavy atom. The average Bonchev–Trinajstić information content (AvgIpc) is 3.41. The topological polar surface area (TPSA) is 104 Å². The van der Waals surface area contributed by atoms with Crippen LogP contribution in [0, 0.1) is 36.7 Å². The van der Waals surface area contributed by atoms with Gasteiger partial charge in [0.1, 0.15) is 11.5 Å². The Kier molecular flexibility index (Phi) is 7.11. The molecule has 0 spiro atoms. The summed E-state index contributed by atoms with van der Waals surface area (Å²) in [7, 11) is 1.50. The number of fused-ring (bicyclic) bond motifs is 4. The highest BCUT2D eigenvalue weighted by molar-refractivity contribution is 14.1. The van der Waals surface area contributed by atoms with Crippen molar-refractivity contribution in [2.24, 2.45) is 29.6 Å². The molecule has 4 aliphatic rings. The number of carbonyl (C=O) groups is 4. The van der Waals surface area contributed by atoms with E-state index in [4.69, 9.17) is 4.74 Å². The summed E-state index contributed by atoms with van der Waals surface area (Å²) < 4.78 is 7.65. The Bertz CT molecular complexity index is 1720. The largest absolute Gasteiger partial charge is 0.508 e. The summed E-state index contributed by atoms with van der Waals surface area (Å²) in [5, 5.41) is 10.2. The molecule has 0 radical (unpaired) electrons. The lowest BCUT2D eigenvalue weighted by Crippen LogP contribution is -2.43. The molecule has 2 aliphatic heterocycles. The van der Waals surface area contributed by atoms with Crippen LogP contribution in [0.1, 0.15) is 24.3 Å². The highest BCUT2D eigenvalue weighted by Gasteiger charge is 2.62. The summed E-state index contributed by atoms with van der Waals surface area (Å²) in [4.78, 5) is 58.7. The van der Waals surface area contributed by atoms with Gasteiger partial charge in [0.05, 0.1) is 42.2 Å². The number of phenolic OH excluding ortho intramolecular Hbond substituents is 1. The van der Waals surface area contributed by atoms with Crippen molar-refractivity contribution in [3.63, 3.8) is 0 Å². The Hall–Kier alpha value is -3.26. The number of methoxy groups -OCH3 is 1. The maximum Gasteiger partial charge on any atom is 0.238 e. The van der Waals surface area contributed by atoms with Gasteiger partial charge in [-0.2, -0.15) is 0 Å². The SMILES string of the molecule is COc1cc(O)ccc1C1C2=CCC3C(=O)N(c4ccc(I)cc4)C(=O)C3C2CC2C(=O)N(c3ccc(I)cc3)C(=O)C21. The first-order valence-electron chi connectivity index (χ1n) is 14.0. The zero-order valence-corrected chi connectivity index (χ0v) is 27.3. The lowest BCUT2D eigenvalue weighted by molar-refractivity contribution is -0.126. The van der Waals surface area contributed by atoms with Crippen molar-refractivity contribution >= 4 is 80.2 Å². The number of hydrogen-bond acceptors (Lipinski definition) is 6. The molecule has 3 aromatic carbocycles.